The fourth-order valence-corrected chi connectivity index (χ4v) is 6.45. The Bertz CT molecular complexity index is 826. The molecule has 0 spiro atoms. The molecule has 2 fully saturated rings. The van der Waals surface area contributed by atoms with Gasteiger partial charge in [-0.05, 0) is 55.4 Å². The van der Waals surface area contributed by atoms with E-state index in [-0.39, 0.29) is 5.91 Å². The maximum absolute atomic E-state index is 12.7. The van der Waals surface area contributed by atoms with Gasteiger partial charge in [0.2, 0.25) is 0 Å². The lowest BCUT2D eigenvalue weighted by molar-refractivity contribution is 0.102. The van der Waals surface area contributed by atoms with Crippen molar-refractivity contribution in [2.75, 3.05) is 54.9 Å². The van der Waals surface area contributed by atoms with Gasteiger partial charge in [-0.3, -0.25) is 4.79 Å². The predicted octanol–water partition coefficient (Wildman–Crippen LogP) is 4.48. The van der Waals surface area contributed by atoms with Crippen LogP contribution in [-0.2, 0) is 0 Å². The molecule has 2 saturated heterocycles. The average Bonchev–Trinajstić information content (AvgIpc) is 3.25. The third-order valence-electron chi connectivity index (χ3n) is 5.39. The molecule has 2 heterocycles. The molecule has 2 aliphatic rings. The highest BCUT2D eigenvalue weighted by atomic mass is 32.2. The largest absolute Gasteiger partial charge is 0.369 e. The van der Waals surface area contributed by atoms with Gasteiger partial charge in [0.05, 0.1) is 4.58 Å². The van der Waals surface area contributed by atoms with Gasteiger partial charge < -0.3 is 15.1 Å². The molecule has 0 aliphatic carbocycles. The summed E-state index contributed by atoms with van der Waals surface area (Å²) in [5.41, 5.74) is 5.23. The lowest BCUT2D eigenvalue weighted by Gasteiger charge is -2.34. The molecule has 0 unspecified atom stereocenters. The lowest BCUT2D eigenvalue weighted by Crippen LogP contribution is -2.44. The second-order valence-electron chi connectivity index (χ2n) is 7.44. The van der Waals surface area contributed by atoms with Crippen molar-refractivity contribution in [3.8, 4) is 0 Å². The molecule has 4 nitrogen and oxygen atoms in total. The van der Waals surface area contributed by atoms with Gasteiger partial charge in [0.1, 0.15) is 0 Å². The van der Waals surface area contributed by atoms with Crippen molar-refractivity contribution in [2.24, 2.45) is 0 Å². The number of piperazine rings is 1. The highest BCUT2D eigenvalue weighted by molar-refractivity contribution is 8.19. The molecule has 2 aromatic carbocycles. The van der Waals surface area contributed by atoms with E-state index in [0.717, 1.165) is 37.4 Å². The van der Waals surface area contributed by atoms with E-state index in [4.69, 9.17) is 0 Å². The zero-order valence-corrected chi connectivity index (χ0v) is 18.1. The van der Waals surface area contributed by atoms with E-state index in [0.29, 0.717) is 10.1 Å². The summed E-state index contributed by atoms with van der Waals surface area (Å²) in [5, 5.41) is 3.08. The summed E-state index contributed by atoms with van der Waals surface area (Å²) in [6, 6.07) is 14.4. The number of hydrogen-bond donors (Lipinski definition) is 1. The van der Waals surface area contributed by atoms with E-state index in [1.807, 2.05) is 41.7 Å². The molecule has 0 saturated carbocycles. The fraction of sp³-hybridized carbons (Fsp3) is 0.409. The minimum Gasteiger partial charge on any atom is -0.369 e. The summed E-state index contributed by atoms with van der Waals surface area (Å²) in [6.45, 7) is 6.33. The van der Waals surface area contributed by atoms with Crippen LogP contribution in [0.2, 0.25) is 0 Å². The first kappa shape index (κ1) is 19.7. The van der Waals surface area contributed by atoms with Crippen molar-refractivity contribution in [3.63, 3.8) is 0 Å². The number of benzene rings is 2. The Labute approximate surface area is 176 Å². The standard InChI is InChI=1S/C22H27N3OS2/c1-16-15-19(25-11-9-24(2)10-12-25)7-8-20(16)23-21(26)17-3-5-18(6-4-17)22-27-13-14-28-22/h3-8,15,22H,9-14H2,1-2H3,(H,23,26). The monoisotopic (exact) mass is 413 g/mol. The number of rotatable bonds is 4. The third kappa shape index (κ3) is 4.50. The first-order valence-electron chi connectivity index (χ1n) is 9.79. The van der Waals surface area contributed by atoms with Gasteiger partial charge in [0.25, 0.3) is 5.91 Å². The number of anilines is 2. The van der Waals surface area contributed by atoms with Crippen LogP contribution < -0.4 is 10.2 Å². The van der Waals surface area contributed by atoms with Crippen molar-refractivity contribution >= 4 is 40.8 Å². The van der Waals surface area contributed by atoms with Gasteiger partial charge >= 0.3 is 0 Å². The zero-order valence-electron chi connectivity index (χ0n) is 16.5. The van der Waals surface area contributed by atoms with Crippen LogP contribution in [0.25, 0.3) is 0 Å². The molecule has 4 rings (SSSR count). The number of thioether (sulfide) groups is 2. The Kier molecular flexibility index (Phi) is 6.19. The quantitative estimate of drug-likeness (QED) is 0.800. The highest BCUT2D eigenvalue weighted by Crippen LogP contribution is 2.45. The summed E-state index contributed by atoms with van der Waals surface area (Å²) in [5.74, 6) is 2.37. The normalized spacial score (nSPS) is 18.4. The number of carbonyl (C=O) groups is 1. The maximum atomic E-state index is 12.7. The molecular formula is C22H27N3OS2. The fourth-order valence-electron chi connectivity index (χ4n) is 3.59. The Morgan fingerprint density at radius 1 is 1.00 bits per heavy atom. The summed E-state index contributed by atoms with van der Waals surface area (Å²) < 4.78 is 0.515. The van der Waals surface area contributed by atoms with E-state index in [1.54, 1.807) is 0 Å². The summed E-state index contributed by atoms with van der Waals surface area (Å²) in [4.78, 5) is 17.5. The zero-order chi connectivity index (χ0) is 19.5. The first-order chi connectivity index (χ1) is 13.6. The van der Waals surface area contributed by atoms with Gasteiger partial charge in [-0.25, -0.2) is 0 Å². The topological polar surface area (TPSA) is 35.6 Å². The van der Waals surface area contributed by atoms with E-state index in [9.17, 15) is 4.79 Å². The summed E-state index contributed by atoms with van der Waals surface area (Å²) in [7, 11) is 2.17. The lowest BCUT2D eigenvalue weighted by atomic mass is 10.1. The van der Waals surface area contributed by atoms with Gasteiger partial charge in [0, 0.05) is 54.6 Å². The van der Waals surface area contributed by atoms with Gasteiger partial charge in [-0.15, -0.1) is 23.5 Å². The van der Waals surface area contributed by atoms with Crippen molar-refractivity contribution in [2.45, 2.75) is 11.5 Å². The van der Waals surface area contributed by atoms with Crippen LogP contribution in [0.1, 0.15) is 26.1 Å². The number of hydrogen-bond acceptors (Lipinski definition) is 5. The Morgan fingerprint density at radius 3 is 2.32 bits per heavy atom. The van der Waals surface area contributed by atoms with Crippen LogP contribution in [-0.4, -0.2) is 55.5 Å². The maximum Gasteiger partial charge on any atom is 0.255 e. The molecule has 6 heteroatoms. The average molecular weight is 414 g/mol. The minimum atomic E-state index is -0.0475. The van der Waals surface area contributed by atoms with Crippen LogP contribution in [0, 0.1) is 6.92 Å². The number of nitrogens with zero attached hydrogens (tertiary/aromatic N) is 2. The van der Waals surface area contributed by atoms with E-state index in [1.165, 1.54) is 22.8 Å². The highest BCUT2D eigenvalue weighted by Gasteiger charge is 2.19. The molecule has 0 aromatic heterocycles. The van der Waals surface area contributed by atoms with Crippen LogP contribution in [0.3, 0.4) is 0 Å². The predicted molar refractivity (Wildman–Crippen MR) is 123 cm³/mol. The van der Waals surface area contributed by atoms with Crippen molar-refractivity contribution < 1.29 is 4.79 Å². The van der Waals surface area contributed by atoms with E-state index in [2.05, 4.69) is 53.4 Å². The molecule has 2 aromatic rings. The molecule has 148 valence electrons. The Morgan fingerprint density at radius 2 is 1.68 bits per heavy atom. The number of likely N-dealkylation sites (N-methyl/N-ethyl adjacent to an activating group) is 1. The van der Waals surface area contributed by atoms with Crippen LogP contribution in [0.4, 0.5) is 11.4 Å². The Balaban J connectivity index is 1.41. The molecule has 0 atom stereocenters. The van der Waals surface area contributed by atoms with Crippen LogP contribution >= 0.6 is 23.5 Å². The van der Waals surface area contributed by atoms with Crippen LogP contribution in [0.15, 0.2) is 42.5 Å². The summed E-state index contributed by atoms with van der Waals surface area (Å²) in [6.07, 6.45) is 0. The van der Waals surface area contributed by atoms with E-state index < -0.39 is 0 Å². The minimum absolute atomic E-state index is 0.0475. The molecule has 2 aliphatic heterocycles. The number of nitrogens with one attached hydrogen (secondary N) is 1. The summed E-state index contributed by atoms with van der Waals surface area (Å²) >= 11 is 3.97. The number of aryl methyl sites for hydroxylation is 1. The molecule has 0 bridgehead atoms. The Hall–Kier alpha value is -1.63. The SMILES string of the molecule is Cc1cc(N2CCN(C)CC2)ccc1NC(=O)c1ccc(C2SCCS2)cc1. The van der Waals surface area contributed by atoms with E-state index >= 15 is 0 Å². The first-order valence-corrected chi connectivity index (χ1v) is 11.9. The second-order valence-corrected chi connectivity index (χ2v) is 10.2. The van der Waals surface area contributed by atoms with Gasteiger partial charge in [0.15, 0.2) is 0 Å². The molecule has 0 radical (unpaired) electrons. The van der Waals surface area contributed by atoms with Gasteiger partial charge in [-0.1, -0.05) is 12.1 Å². The molecular weight excluding hydrogens is 386 g/mol. The number of carbonyl (C=O) groups excluding carboxylic acids is 1. The van der Waals surface area contributed by atoms with Crippen molar-refractivity contribution in [1.82, 2.24) is 4.90 Å². The smallest absolute Gasteiger partial charge is 0.255 e. The third-order valence-corrected chi connectivity index (χ3v) is 8.50. The molecule has 1 N–H and O–H groups in total. The molecule has 1 amide bonds. The second kappa shape index (κ2) is 8.80. The molecule has 28 heavy (non-hydrogen) atoms. The number of amides is 1. The van der Waals surface area contributed by atoms with Crippen LogP contribution in [0.5, 0.6) is 0 Å². The van der Waals surface area contributed by atoms with Crippen molar-refractivity contribution in [3.05, 3.63) is 59.2 Å². The van der Waals surface area contributed by atoms with Crippen molar-refractivity contribution in [1.29, 1.82) is 0 Å². The van der Waals surface area contributed by atoms with Gasteiger partial charge in [-0.2, -0.15) is 0 Å².